The Hall–Kier alpha value is -2.09. The number of hydrogen-bond acceptors (Lipinski definition) is 4. The highest BCUT2D eigenvalue weighted by atomic mass is 35.5. The summed E-state index contributed by atoms with van der Waals surface area (Å²) in [7, 11) is -3.75. The molecule has 0 aliphatic heterocycles. The maximum Gasteiger partial charge on any atom is 0.264 e. The van der Waals surface area contributed by atoms with E-state index in [1.165, 1.54) is 11.0 Å². The second-order valence-electron chi connectivity index (χ2n) is 6.34. The van der Waals surface area contributed by atoms with E-state index >= 15 is 0 Å². The fourth-order valence-corrected chi connectivity index (χ4v) is 3.72. The van der Waals surface area contributed by atoms with Crippen LogP contribution in [0.1, 0.15) is 30.9 Å². The van der Waals surface area contributed by atoms with E-state index in [4.69, 9.17) is 23.2 Å². The van der Waals surface area contributed by atoms with Gasteiger partial charge in [-0.3, -0.25) is 0 Å². The van der Waals surface area contributed by atoms with Crippen LogP contribution in [0.2, 0.25) is 10.0 Å². The lowest BCUT2D eigenvalue weighted by Crippen LogP contribution is -2.14. The number of nitrogens with zero attached hydrogens (tertiary/aromatic N) is 3. The number of halogens is 2. The van der Waals surface area contributed by atoms with Gasteiger partial charge in [-0.1, -0.05) is 55.2 Å². The van der Waals surface area contributed by atoms with Gasteiger partial charge >= 0.3 is 0 Å². The predicted octanol–water partition coefficient (Wildman–Crippen LogP) is 4.56. The van der Waals surface area contributed by atoms with Crippen molar-refractivity contribution in [3.8, 4) is 0 Å². The van der Waals surface area contributed by atoms with Crippen molar-refractivity contribution >= 4 is 39.2 Å². The van der Waals surface area contributed by atoms with Gasteiger partial charge in [0.15, 0.2) is 0 Å². The summed E-state index contributed by atoms with van der Waals surface area (Å²) in [4.78, 5) is 4.17. The van der Waals surface area contributed by atoms with Crippen molar-refractivity contribution in [1.82, 2.24) is 14.8 Å². The van der Waals surface area contributed by atoms with Crippen LogP contribution in [0.25, 0.3) is 0 Å². The first kappa shape index (κ1) is 19.7. The van der Waals surface area contributed by atoms with Gasteiger partial charge in [-0.05, 0) is 41.3 Å². The maximum atomic E-state index is 12.5. The number of nitrogens with one attached hydrogen (secondary N) is 1. The number of hydrogen-bond donors (Lipinski definition) is 1. The van der Waals surface area contributed by atoms with Gasteiger partial charge in [-0.25, -0.2) is 17.8 Å². The van der Waals surface area contributed by atoms with Crippen molar-refractivity contribution in [1.29, 1.82) is 0 Å². The summed E-state index contributed by atoms with van der Waals surface area (Å²) in [5.41, 5.74) is 1.94. The summed E-state index contributed by atoms with van der Waals surface area (Å²) in [6.07, 6.45) is 1.45. The molecule has 0 bridgehead atoms. The van der Waals surface area contributed by atoms with E-state index in [1.54, 1.807) is 36.4 Å². The van der Waals surface area contributed by atoms with Crippen LogP contribution in [0.4, 0.5) is 5.95 Å². The predicted molar refractivity (Wildman–Crippen MR) is 107 cm³/mol. The molecule has 2 aromatic carbocycles. The molecule has 0 saturated heterocycles. The third-order valence-corrected chi connectivity index (χ3v) is 6.03. The van der Waals surface area contributed by atoms with E-state index in [0.29, 0.717) is 22.5 Å². The lowest BCUT2D eigenvalue weighted by atomic mass is 10.0. The molecule has 0 aliphatic carbocycles. The van der Waals surface area contributed by atoms with Crippen LogP contribution in [-0.4, -0.2) is 23.2 Å². The Morgan fingerprint density at radius 2 is 1.78 bits per heavy atom. The molecule has 1 heterocycles. The molecule has 0 fully saturated rings. The fourth-order valence-electron chi connectivity index (χ4n) is 2.45. The number of aromatic nitrogens is 3. The first-order valence-corrected chi connectivity index (χ1v) is 10.4. The van der Waals surface area contributed by atoms with Crippen LogP contribution in [0.3, 0.4) is 0 Å². The zero-order valence-electron chi connectivity index (χ0n) is 14.7. The highest BCUT2D eigenvalue weighted by Crippen LogP contribution is 2.23. The first-order chi connectivity index (χ1) is 12.7. The molecular weight excluding hydrogens is 407 g/mol. The van der Waals surface area contributed by atoms with Crippen molar-refractivity contribution in [3.63, 3.8) is 0 Å². The lowest BCUT2D eigenvalue weighted by Gasteiger charge is -2.08. The zero-order valence-corrected chi connectivity index (χ0v) is 17.1. The highest BCUT2D eigenvalue weighted by Gasteiger charge is 2.17. The molecule has 6 nitrogen and oxygen atoms in total. The van der Waals surface area contributed by atoms with E-state index in [0.717, 1.165) is 11.1 Å². The second kappa shape index (κ2) is 7.88. The van der Waals surface area contributed by atoms with E-state index in [2.05, 4.69) is 14.8 Å². The molecular formula is C18H18Cl2N4O2S. The van der Waals surface area contributed by atoms with Crippen molar-refractivity contribution < 1.29 is 8.42 Å². The summed E-state index contributed by atoms with van der Waals surface area (Å²) in [5, 5.41) is 5.07. The van der Waals surface area contributed by atoms with Crippen LogP contribution in [0, 0.1) is 0 Å². The van der Waals surface area contributed by atoms with Gasteiger partial charge in [-0.15, -0.1) is 5.10 Å². The Kier molecular flexibility index (Phi) is 5.74. The summed E-state index contributed by atoms with van der Waals surface area (Å²) in [5.74, 6) is 0.330. The van der Waals surface area contributed by atoms with E-state index < -0.39 is 10.0 Å². The lowest BCUT2D eigenvalue weighted by molar-refractivity contribution is 0.600. The Balaban J connectivity index is 1.73. The smallest absolute Gasteiger partial charge is 0.246 e. The van der Waals surface area contributed by atoms with Crippen LogP contribution < -0.4 is 4.72 Å². The van der Waals surface area contributed by atoms with Gasteiger partial charge in [0, 0.05) is 0 Å². The maximum absolute atomic E-state index is 12.5. The quantitative estimate of drug-likeness (QED) is 0.628. The van der Waals surface area contributed by atoms with Gasteiger partial charge in [-0.2, -0.15) is 4.98 Å². The van der Waals surface area contributed by atoms with Crippen molar-refractivity contribution in [2.45, 2.75) is 31.2 Å². The van der Waals surface area contributed by atoms with Crippen LogP contribution in [0.5, 0.6) is 0 Å². The molecule has 0 spiro atoms. The molecule has 3 rings (SSSR count). The van der Waals surface area contributed by atoms with Crippen molar-refractivity contribution in [2.75, 3.05) is 4.72 Å². The highest BCUT2D eigenvalue weighted by molar-refractivity contribution is 7.92. The van der Waals surface area contributed by atoms with Crippen molar-refractivity contribution in [2.24, 2.45) is 0 Å². The molecule has 1 N–H and O–H groups in total. The third-order valence-electron chi connectivity index (χ3n) is 3.95. The summed E-state index contributed by atoms with van der Waals surface area (Å²) >= 11 is 11.9. The fraction of sp³-hybridized carbons (Fsp3) is 0.222. The average molecular weight is 425 g/mol. The van der Waals surface area contributed by atoms with Gasteiger partial charge in [0.1, 0.15) is 6.33 Å². The normalized spacial score (nSPS) is 11.7. The summed E-state index contributed by atoms with van der Waals surface area (Å²) in [6, 6.07) is 12.0. The van der Waals surface area contributed by atoms with E-state index in [-0.39, 0.29) is 10.8 Å². The second-order valence-corrected chi connectivity index (χ2v) is 8.84. The van der Waals surface area contributed by atoms with Crippen molar-refractivity contribution in [3.05, 3.63) is 70.0 Å². The molecule has 0 amide bonds. The van der Waals surface area contributed by atoms with E-state index in [9.17, 15) is 8.42 Å². The van der Waals surface area contributed by atoms with Gasteiger partial charge < -0.3 is 0 Å². The molecule has 0 atom stereocenters. The van der Waals surface area contributed by atoms with Gasteiger partial charge in [0.25, 0.3) is 16.0 Å². The monoisotopic (exact) mass is 424 g/mol. The number of benzene rings is 2. The Bertz CT molecular complexity index is 1050. The third kappa shape index (κ3) is 4.80. The van der Waals surface area contributed by atoms with Gasteiger partial charge in [0.2, 0.25) is 0 Å². The molecule has 142 valence electrons. The molecule has 9 heteroatoms. The SMILES string of the molecule is CC(C)c1ccc(S(=O)(=O)Nc2ncn(Cc3ccc(Cl)c(Cl)c3)n2)cc1. The van der Waals surface area contributed by atoms with Crippen LogP contribution in [0.15, 0.2) is 53.7 Å². The average Bonchev–Trinajstić information content (AvgIpc) is 3.04. The standard InChI is InChI=1S/C18H18Cl2N4O2S/c1-12(2)14-4-6-15(7-5-14)27(25,26)23-18-21-11-24(22-18)10-13-3-8-16(19)17(20)9-13/h3-9,11-12H,10H2,1-2H3,(H,22,23). The number of anilines is 1. The Morgan fingerprint density at radius 1 is 1.07 bits per heavy atom. The molecule has 0 radical (unpaired) electrons. The topological polar surface area (TPSA) is 76.9 Å². The number of sulfonamides is 1. The minimum Gasteiger partial charge on any atom is -0.246 e. The minimum atomic E-state index is -3.75. The first-order valence-electron chi connectivity index (χ1n) is 8.21. The van der Waals surface area contributed by atoms with Crippen LogP contribution >= 0.6 is 23.2 Å². The summed E-state index contributed by atoms with van der Waals surface area (Å²) in [6.45, 7) is 4.48. The molecule has 27 heavy (non-hydrogen) atoms. The van der Waals surface area contributed by atoms with E-state index in [1.807, 2.05) is 19.9 Å². The van der Waals surface area contributed by atoms with Gasteiger partial charge in [0.05, 0.1) is 21.5 Å². The zero-order chi connectivity index (χ0) is 19.6. The summed E-state index contributed by atoms with van der Waals surface area (Å²) < 4.78 is 28.9. The molecule has 1 aromatic heterocycles. The Labute approximate surface area is 168 Å². The number of rotatable bonds is 6. The molecule has 0 aliphatic rings. The minimum absolute atomic E-state index is 0.00277. The molecule has 0 saturated carbocycles. The molecule has 3 aromatic rings. The largest absolute Gasteiger partial charge is 0.264 e. The van der Waals surface area contributed by atoms with Crippen LogP contribution in [-0.2, 0) is 16.6 Å². The Morgan fingerprint density at radius 3 is 2.41 bits per heavy atom. The molecule has 0 unspecified atom stereocenters.